The van der Waals surface area contributed by atoms with E-state index in [1.807, 2.05) is 43.2 Å². The average Bonchev–Trinajstić information content (AvgIpc) is 2.68. The minimum Gasteiger partial charge on any atom is -0.426 e. The molecule has 26 heavy (non-hydrogen) atoms. The lowest BCUT2D eigenvalue weighted by Crippen LogP contribution is -2.31. The van der Waals surface area contributed by atoms with E-state index < -0.39 is 0 Å². The average molecular weight is 371 g/mol. The summed E-state index contributed by atoms with van der Waals surface area (Å²) in [5.74, 6) is 0.995. The molecule has 138 valence electrons. The lowest BCUT2D eigenvalue weighted by molar-refractivity contribution is 0.0773. The number of rotatable bonds is 6. The van der Waals surface area contributed by atoms with E-state index in [0.29, 0.717) is 0 Å². The molecule has 1 aliphatic rings. The molecule has 0 aliphatic carbocycles. The zero-order valence-electron chi connectivity index (χ0n) is 15.6. The van der Waals surface area contributed by atoms with E-state index in [2.05, 4.69) is 29.6 Å². The first kappa shape index (κ1) is 18.8. The smallest absolute Gasteiger partial charge is 0.253 e. The molecule has 1 aliphatic heterocycles. The SMILES string of the molecule is CCN(CC)C(=O)c1ccc(C2NCCc3cc(OSC)ccc32)cc1. The third kappa shape index (κ3) is 3.89. The summed E-state index contributed by atoms with van der Waals surface area (Å²) < 4.78 is 5.55. The number of carbonyl (C=O) groups is 1. The molecule has 0 bridgehead atoms. The quantitative estimate of drug-likeness (QED) is 0.779. The molecular weight excluding hydrogens is 344 g/mol. The predicted molar refractivity (Wildman–Crippen MR) is 108 cm³/mol. The van der Waals surface area contributed by atoms with Crippen molar-refractivity contribution in [3.63, 3.8) is 0 Å². The summed E-state index contributed by atoms with van der Waals surface area (Å²) in [7, 11) is 0. The number of hydrogen-bond donors (Lipinski definition) is 1. The van der Waals surface area contributed by atoms with Crippen molar-refractivity contribution in [1.82, 2.24) is 10.2 Å². The molecule has 0 spiro atoms. The van der Waals surface area contributed by atoms with E-state index in [1.54, 1.807) is 0 Å². The summed E-state index contributed by atoms with van der Waals surface area (Å²) in [6.07, 6.45) is 2.92. The Bertz CT molecular complexity index is 757. The molecule has 1 N–H and O–H groups in total. The number of carbonyl (C=O) groups excluding carboxylic acids is 1. The van der Waals surface area contributed by atoms with Crippen LogP contribution in [0.3, 0.4) is 0 Å². The number of nitrogens with one attached hydrogen (secondary N) is 1. The van der Waals surface area contributed by atoms with Crippen LogP contribution in [0.4, 0.5) is 0 Å². The van der Waals surface area contributed by atoms with Crippen LogP contribution >= 0.6 is 12.0 Å². The molecule has 3 rings (SSSR count). The van der Waals surface area contributed by atoms with Gasteiger partial charge in [0.05, 0.1) is 18.1 Å². The van der Waals surface area contributed by atoms with Crippen molar-refractivity contribution in [1.29, 1.82) is 0 Å². The minimum atomic E-state index is 0.0948. The summed E-state index contributed by atoms with van der Waals surface area (Å²) in [6, 6.07) is 14.5. The van der Waals surface area contributed by atoms with Gasteiger partial charge >= 0.3 is 0 Å². The van der Waals surface area contributed by atoms with Gasteiger partial charge in [-0.1, -0.05) is 18.2 Å². The molecule has 0 radical (unpaired) electrons. The van der Waals surface area contributed by atoms with E-state index in [0.717, 1.165) is 37.4 Å². The summed E-state index contributed by atoms with van der Waals surface area (Å²) in [5, 5.41) is 3.60. The Morgan fingerprint density at radius 2 is 1.92 bits per heavy atom. The van der Waals surface area contributed by atoms with E-state index in [1.165, 1.54) is 28.7 Å². The van der Waals surface area contributed by atoms with Gasteiger partial charge in [-0.05, 0) is 61.2 Å². The van der Waals surface area contributed by atoms with Gasteiger partial charge in [0, 0.05) is 31.5 Å². The van der Waals surface area contributed by atoms with Crippen molar-refractivity contribution < 1.29 is 8.98 Å². The van der Waals surface area contributed by atoms with Crippen molar-refractivity contribution in [2.45, 2.75) is 26.3 Å². The van der Waals surface area contributed by atoms with Gasteiger partial charge in [-0.15, -0.1) is 0 Å². The van der Waals surface area contributed by atoms with Gasteiger partial charge < -0.3 is 14.4 Å². The lowest BCUT2D eigenvalue weighted by atomic mass is 9.89. The Labute approximate surface area is 160 Å². The van der Waals surface area contributed by atoms with Gasteiger partial charge in [0.25, 0.3) is 5.91 Å². The molecule has 1 heterocycles. The fraction of sp³-hybridized carbons (Fsp3) is 0.381. The van der Waals surface area contributed by atoms with E-state index in [-0.39, 0.29) is 11.9 Å². The van der Waals surface area contributed by atoms with Crippen molar-refractivity contribution in [3.8, 4) is 5.75 Å². The second kappa shape index (κ2) is 8.60. The van der Waals surface area contributed by atoms with Crippen LogP contribution in [0.1, 0.15) is 46.9 Å². The molecule has 1 unspecified atom stereocenters. The molecule has 0 aromatic heterocycles. The molecule has 1 atom stereocenters. The van der Waals surface area contributed by atoms with Crippen LogP contribution in [0.15, 0.2) is 42.5 Å². The molecule has 2 aromatic rings. The first-order valence-corrected chi connectivity index (χ1v) is 10.3. The Morgan fingerprint density at radius 3 is 2.58 bits per heavy atom. The summed E-state index contributed by atoms with van der Waals surface area (Å²) in [6.45, 7) is 6.41. The maximum absolute atomic E-state index is 12.5. The first-order chi connectivity index (χ1) is 12.7. The maximum atomic E-state index is 12.5. The van der Waals surface area contributed by atoms with Gasteiger partial charge in [0.1, 0.15) is 5.75 Å². The zero-order valence-corrected chi connectivity index (χ0v) is 16.4. The van der Waals surface area contributed by atoms with Crippen LogP contribution < -0.4 is 9.50 Å². The highest BCUT2D eigenvalue weighted by atomic mass is 32.2. The largest absolute Gasteiger partial charge is 0.426 e. The van der Waals surface area contributed by atoms with Gasteiger partial charge in [0.15, 0.2) is 0 Å². The normalized spacial score (nSPS) is 16.0. The van der Waals surface area contributed by atoms with Gasteiger partial charge in [-0.2, -0.15) is 0 Å². The fourth-order valence-electron chi connectivity index (χ4n) is 3.50. The fourth-order valence-corrected chi connectivity index (χ4v) is 3.79. The highest BCUT2D eigenvalue weighted by Crippen LogP contribution is 2.32. The third-order valence-corrected chi connectivity index (χ3v) is 5.25. The topological polar surface area (TPSA) is 41.6 Å². The van der Waals surface area contributed by atoms with Crippen molar-refractivity contribution >= 4 is 17.9 Å². The zero-order chi connectivity index (χ0) is 18.5. The number of benzene rings is 2. The summed E-state index contributed by atoms with van der Waals surface area (Å²) in [5.41, 5.74) is 4.54. The second-order valence-corrected chi connectivity index (χ2v) is 6.85. The van der Waals surface area contributed by atoms with Crippen molar-refractivity contribution in [2.24, 2.45) is 0 Å². The number of nitrogens with zero attached hydrogens (tertiary/aromatic N) is 1. The number of amides is 1. The third-order valence-electron chi connectivity index (χ3n) is 4.89. The van der Waals surface area contributed by atoms with Crippen molar-refractivity contribution in [3.05, 3.63) is 64.7 Å². The molecule has 0 saturated heterocycles. The van der Waals surface area contributed by atoms with Crippen LogP contribution in [0.25, 0.3) is 0 Å². The molecule has 1 amide bonds. The molecule has 0 fully saturated rings. The summed E-state index contributed by atoms with van der Waals surface area (Å²) >= 11 is 1.36. The van der Waals surface area contributed by atoms with Gasteiger partial charge in [-0.3, -0.25) is 4.79 Å². The van der Waals surface area contributed by atoms with E-state index >= 15 is 0 Å². The number of hydrogen-bond acceptors (Lipinski definition) is 4. The predicted octanol–water partition coefficient (Wildman–Crippen LogP) is 4.06. The van der Waals surface area contributed by atoms with Gasteiger partial charge in [0.2, 0.25) is 0 Å². The second-order valence-electron chi connectivity index (χ2n) is 6.35. The first-order valence-electron chi connectivity index (χ1n) is 9.14. The molecule has 5 heteroatoms. The molecular formula is C21H26N2O2S. The molecule has 0 saturated carbocycles. The van der Waals surface area contributed by atoms with Crippen LogP contribution in [0, 0.1) is 0 Å². The number of fused-ring (bicyclic) bond motifs is 1. The molecule has 4 nitrogen and oxygen atoms in total. The standard InChI is InChI=1S/C21H26N2O2S/c1-4-23(5-2)21(24)16-8-6-15(7-9-16)20-19-11-10-18(25-26-3)14-17(19)12-13-22-20/h6-11,14,20,22H,4-5,12-13H2,1-3H3. The highest BCUT2D eigenvalue weighted by Gasteiger charge is 2.22. The monoisotopic (exact) mass is 370 g/mol. The highest BCUT2D eigenvalue weighted by molar-refractivity contribution is 7.94. The van der Waals surface area contributed by atoms with Crippen LogP contribution in [0.2, 0.25) is 0 Å². The van der Waals surface area contributed by atoms with Crippen LogP contribution in [-0.4, -0.2) is 36.7 Å². The Morgan fingerprint density at radius 1 is 1.19 bits per heavy atom. The van der Waals surface area contributed by atoms with Gasteiger partial charge in [-0.25, -0.2) is 0 Å². The minimum absolute atomic E-state index is 0.0948. The maximum Gasteiger partial charge on any atom is 0.253 e. The Balaban J connectivity index is 1.84. The Hall–Kier alpha value is -1.98. The lowest BCUT2D eigenvalue weighted by Gasteiger charge is -2.28. The van der Waals surface area contributed by atoms with E-state index in [9.17, 15) is 4.79 Å². The Kier molecular flexibility index (Phi) is 6.22. The van der Waals surface area contributed by atoms with Crippen molar-refractivity contribution in [2.75, 3.05) is 25.9 Å². The van der Waals surface area contributed by atoms with E-state index in [4.69, 9.17) is 4.18 Å². The van der Waals surface area contributed by atoms with Crippen LogP contribution in [-0.2, 0) is 6.42 Å². The molecule has 2 aromatic carbocycles. The van der Waals surface area contributed by atoms with Crippen LogP contribution in [0.5, 0.6) is 5.75 Å². The summed E-state index contributed by atoms with van der Waals surface area (Å²) in [4.78, 5) is 14.3.